The first kappa shape index (κ1) is 17.2. The third kappa shape index (κ3) is 3.30. The molecule has 0 aliphatic heterocycles. The number of hydrogen-bond acceptors (Lipinski definition) is 5. The van der Waals surface area contributed by atoms with Gasteiger partial charge < -0.3 is 23.5 Å². The smallest absolute Gasteiger partial charge is 0.147 e. The zero-order chi connectivity index (χ0) is 17.0. The third-order valence-electron chi connectivity index (χ3n) is 3.69. The van der Waals surface area contributed by atoms with Crippen molar-refractivity contribution >= 4 is 17.8 Å². The fraction of sp³-hybridized carbons (Fsp3) is 0.294. The van der Waals surface area contributed by atoms with Crippen LogP contribution in [0.15, 0.2) is 36.4 Å². The van der Waals surface area contributed by atoms with Crippen molar-refractivity contribution in [1.29, 1.82) is 0 Å². The van der Waals surface area contributed by atoms with E-state index in [-0.39, 0.29) is 0 Å². The van der Waals surface area contributed by atoms with Crippen molar-refractivity contribution in [3.8, 4) is 23.0 Å². The molecule has 0 aliphatic carbocycles. The van der Waals surface area contributed by atoms with Crippen molar-refractivity contribution in [2.75, 3.05) is 35.1 Å². The Labute approximate surface area is 136 Å². The van der Waals surface area contributed by atoms with Crippen molar-refractivity contribution in [2.24, 2.45) is 0 Å². The van der Waals surface area contributed by atoms with Crippen LogP contribution < -0.4 is 29.6 Å². The van der Waals surface area contributed by atoms with Gasteiger partial charge in [-0.05, 0) is 43.1 Å². The van der Waals surface area contributed by atoms with Crippen LogP contribution in [0.3, 0.4) is 0 Å². The second kappa shape index (κ2) is 6.97. The van der Waals surface area contributed by atoms with Gasteiger partial charge in [0, 0.05) is 0 Å². The molecule has 0 radical (unpaired) electrons. The number of ether oxygens (including phenoxy) is 4. The van der Waals surface area contributed by atoms with Gasteiger partial charge >= 0.3 is 0 Å². The summed E-state index contributed by atoms with van der Waals surface area (Å²) in [5.74, 6) is 2.32. The first-order valence-corrected chi connectivity index (χ1v) is 9.16. The summed E-state index contributed by atoms with van der Waals surface area (Å²) in [6.45, 7) is 1.68. The molecule has 0 amide bonds. The van der Waals surface area contributed by atoms with Gasteiger partial charge in [-0.3, -0.25) is 0 Å². The van der Waals surface area contributed by atoms with Gasteiger partial charge in [-0.1, -0.05) is 0 Å². The fourth-order valence-electron chi connectivity index (χ4n) is 2.39. The second-order valence-corrected chi connectivity index (χ2v) is 7.81. The van der Waals surface area contributed by atoms with Crippen LogP contribution in [0, 0.1) is 0 Å². The van der Waals surface area contributed by atoms with E-state index in [0.717, 1.165) is 0 Å². The lowest BCUT2D eigenvalue weighted by Crippen LogP contribution is -2.19. The Morgan fingerprint density at radius 1 is 0.696 bits per heavy atom. The van der Waals surface area contributed by atoms with Crippen LogP contribution in [0.1, 0.15) is 0 Å². The molecule has 0 saturated carbocycles. The van der Waals surface area contributed by atoms with Crippen LogP contribution in [0.5, 0.6) is 23.0 Å². The summed E-state index contributed by atoms with van der Waals surface area (Å²) in [7, 11) is 3.24. The minimum Gasteiger partial charge on any atom is -0.497 e. The van der Waals surface area contributed by atoms with Gasteiger partial charge in [-0.2, -0.15) is 0 Å². The van der Waals surface area contributed by atoms with Crippen LogP contribution in [0.25, 0.3) is 0 Å². The molecule has 0 heterocycles. The quantitative estimate of drug-likeness (QED) is 0.759. The molecule has 0 saturated heterocycles. The van der Waals surface area contributed by atoms with Crippen LogP contribution in [0.4, 0.5) is 0 Å². The van der Waals surface area contributed by atoms with Crippen LogP contribution in [0.2, 0.25) is 0 Å². The molecule has 0 aromatic heterocycles. The summed E-state index contributed by atoms with van der Waals surface area (Å²) in [6.07, 6.45) is 0. The fourth-order valence-corrected chi connectivity index (χ4v) is 4.57. The summed E-state index contributed by atoms with van der Waals surface area (Å²) < 4.78 is 34.9. The predicted octanol–water partition coefficient (Wildman–Crippen LogP) is 2.66. The number of benzene rings is 2. The monoisotopic (exact) mass is 336 g/mol. The minimum atomic E-state index is -3.00. The summed E-state index contributed by atoms with van der Waals surface area (Å²) >= 11 is 0. The van der Waals surface area contributed by atoms with E-state index in [1.165, 1.54) is 0 Å². The Balaban J connectivity index is 2.69. The van der Waals surface area contributed by atoms with Gasteiger partial charge in [0.15, 0.2) is 0 Å². The van der Waals surface area contributed by atoms with E-state index in [9.17, 15) is 4.57 Å². The molecule has 0 N–H and O–H groups in total. The topological polar surface area (TPSA) is 54.0 Å². The summed E-state index contributed by atoms with van der Waals surface area (Å²) in [5, 5.41) is 1.15. The van der Waals surface area contributed by atoms with E-state index in [2.05, 4.69) is 0 Å². The summed E-state index contributed by atoms with van der Waals surface area (Å²) in [5.41, 5.74) is 0. The van der Waals surface area contributed by atoms with E-state index in [1.807, 2.05) is 0 Å². The number of hydrogen-bond donors (Lipinski definition) is 0. The third-order valence-corrected chi connectivity index (χ3v) is 6.23. The van der Waals surface area contributed by atoms with Gasteiger partial charge in [-0.15, -0.1) is 0 Å². The number of rotatable bonds is 6. The Kier molecular flexibility index (Phi) is 5.22. The highest BCUT2D eigenvalue weighted by atomic mass is 31.2. The predicted molar refractivity (Wildman–Crippen MR) is 91.9 cm³/mol. The van der Waals surface area contributed by atoms with Crippen molar-refractivity contribution < 1.29 is 23.5 Å². The lowest BCUT2D eigenvalue weighted by molar-refractivity contribution is 0.404. The molecule has 2 rings (SSSR count). The Bertz CT molecular complexity index is 682. The highest BCUT2D eigenvalue weighted by molar-refractivity contribution is 7.78. The highest BCUT2D eigenvalue weighted by Crippen LogP contribution is 2.46. The van der Waals surface area contributed by atoms with Crippen LogP contribution in [-0.4, -0.2) is 35.1 Å². The zero-order valence-corrected chi connectivity index (χ0v) is 14.8. The lowest BCUT2D eigenvalue weighted by atomic mass is 10.3. The van der Waals surface area contributed by atoms with E-state index in [4.69, 9.17) is 18.9 Å². The van der Waals surface area contributed by atoms with E-state index < -0.39 is 7.14 Å². The molecule has 23 heavy (non-hydrogen) atoms. The van der Waals surface area contributed by atoms with Crippen molar-refractivity contribution in [3.63, 3.8) is 0 Å². The first-order valence-electron chi connectivity index (χ1n) is 7.00. The van der Waals surface area contributed by atoms with Crippen molar-refractivity contribution in [3.05, 3.63) is 36.4 Å². The van der Waals surface area contributed by atoms with E-state index in [0.29, 0.717) is 33.6 Å². The van der Waals surface area contributed by atoms with E-state index >= 15 is 0 Å². The molecule has 124 valence electrons. The second-order valence-electron chi connectivity index (χ2n) is 5.00. The Hall–Kier alpha value is -2.13. The molecule has 0 spiro atoms. The summed E-state index contributed by atoms with van der Waals surface area (Å²) in [6, 6.07) is 10.5. The largest absolute Gasteiger partial charge is 0.497 e. The molecule has 5 nitrogen and oxygen atoms in total. The average molecular weight is 336 g/mol. The van der Waals surface area contributed by atoms with Gasteiger partial charge in [0.05, 0.1) is 39.0 Å². The molecule has 2 aromatic rings. The van der Waals surface area contributed by atoms with Gasteiger partial charge in [0.1, 0.15) is 30.1 Å². The summed E-state index contributed by atoms with van der Waals surface area (Å²) in [4.78, 5) is 0. The molecule has 0 aliphatic rings. The average Bonchev–Trinajstić information content (AvgIpc) is 2.60. The minimum absolute atomic E-state index is 0.543. The molecule has 0 unspecified atom stereocenters. The maximum Gasteiger partial charge on any atom is 0.147 e. The lowest BCUT2D eigenvalue weighted by Gasteiger charge is -2.20. The maximum absolute atomic E-state index is 13.6. The first-order chi connectivity index (χ1) is 11.0. The Morgan fingerprint density at radius 2 is 1.09 bits per heavy atom. The van der Waals surface area contributed by atoms with Crippen molar-refractivity contribution in [2.45, 2.75) is 0 Å². The normalized spacial score (nSPS) is 11.0. The van der Waals surface area contributed by atoms with Crippen molar-refractivity contribution in [1.82, 2.24) is 0 Å². The number of methoxy groups -OCH3 is 4. The maximum atomic E-state index is 13.6. The standard InChI is InChI=1S/C17H21O5P/c1-19-12-6-8-14(21-3)16(10-12)23(5,18)17-11-13(20-2)7-9-15(17)22-4/h6-11H,1-5H3. The van der Waals surface area contributed by atoms with Gasteiger partial charge in [0.2, 0.25) is 0 Å². The molecule has 0 bridgehead atoms. The molecule has 2 aromatic carbocycles. The molecule has 0 fully saturated rings. The van der Waals surface area contributed by atoms with Crippen LogP contribution >= 0.6 is 7.14 Å². The van der Waals surface area contributed by atoms with Gasteiger partial charge in [0.25, 0.3) is 0 Å². The SMILES string of the molecule is COc1ccc(OC)c(P(C)(=O)c2cc(OC)ccc2OC)c1. The molecule has 0 atom stereocenters. The van der Waals surface area contributed by atoms with Crippen LogP contribution in [-0.2, 0) is 4.57 Å². The molecular weight excluding hydrogens is 315 g/mol. The zero-order valence-electron chi connectivity index (χ0n) is 14.0. The molecule has 6 heteroatoms. The highest BCUT2D eigenvalue weighted by Gasteiger charge is 2.29. The van der Waals surface area contributed by atoms with Gasteiger partial charge in [-0.25, -0.2) is 0 Å². The Morgan fingerprint density at radius 3 is 1.39 bits per heavy atom. The van der Waals surface area contributed by atoms with E-state index in [1.54, 1.807) is 71.5 Å². The molecular formula is C17H21O5P.